The van der Waals surface area contributed by atoms with Crippen molar-refractivity contribution in [1.82, 2.24) is 4.98 Å². The lowest BCUT2D eigenvalue weighted by Crippen LogP contribution is -1.83. The van der Waals surface area contributed by atoms with Crippen LogP contribution >= 0.6 is 0 Å². The number of hydrogen-bond donors (Lipinski definition) is 1. The maximum absolute atomic E-state index is 5.21. The number of para-hydroxylation sites is 1. The molecule has 1 heterocycles. The number of nitrogens with one attached hydrogen (secondary N) is 1. The first kappa shape index (κ1) is 10.6. The van der Waals surface area contributed by atoms with Crippen molar-refractivity contribution in [3.8, 4) is 5.75 Å². The Morgan fingerprint density at radius 3 is 2.57 bits per heavy atom. The Hall–Kier alpha value is -1.44. The molecule has 1 N–H and O–H groups in total. The lowest BCUT2D eigenvalue weighted by molar-refractivity contribution is 0.419. The second kappa shape index (κ2) is 4.70. The van der Waals surface area contributed by atoms with Gasteiger partial charge in [0.25, 0.3) is 0 Å². The van der Waals surface area contributed by atoms with E-state index in [9.17, 15) is 0 Å². The van der Waals surface area contributed by atoms with Crippen molar-refractivity contribution in [3.63, 3.8) is 0 Å². The molecule has 0 aliphatic heterocycles. The lowest BCUT2D eigenvalue weighted by atomic mass is 10.2. The molecule has 0 fully saturated rings. The molecule has 0 aliphatic rings. The van der Waals surface area contributed by atoms with E-state index >= 15 is 0 Å². The number of rotatable bonds is 1. The number of ether oxygens (including phenoxy) is 1. The standard InChI is InChI=1S/C10H11NO.C2H6/c1-7-6-8-4-3-5-9(12-2)10(8)11-7;1-2/h3-6,11H,1-2H3;1-2H3. The number of aryl methyl sites for hydroxylation is 1. The third-order valence-electron chi connectivity index (χ3n) is 1.97. The molecule has 76 valence electrons. The summed E-state index contributed by atoms with van der Waals surface area (Å²) in [5.74, 6) is 0.903. The average Bonchev–Trinajstić information content (AvgIpc) is 2.60. The third kappa shape index (κ3) is 1.90. The molecular weight excluding hydrogens is 174 g/mol. The van der Waals surface area contributed by atoms with E-state index in [1.165, 1.54) is 5.39 Å². The predicted molar refractivity (Wildman–Crippen MR) is 60.9 cm³/mol. The quantitative estimate of drug-likeness (QED) is 0.733. The van der Waals surface area contributed by atoms with Crippen LogP contribution in [0, 0.1) is 6.92 Å². The number of benzene rings is 1. The van der Waals surface area contributed by atoms with Crippen LogP contribution in [0.4, 0.5) is 0 Å². The maximum atomic E-state index is 5.21. The van der Waals surface area contributed by atoms with Crippen LogP contribution in [0.15, 0.2) is 24.3 Å². The summed E-state index contributed by atoms with van der Waals surface area (Å²) in [5, 5.41) is 1.20. The van der Waals surface area contributed by atoms with Crippen molar-refractivity contribution < 1.29 is 4.74 Å². The van der Waals surface area contributed by atoms with Crippen LogP contribution < -0.4 is 4.74 Å². The van der Waals surface area contributed by atoms with Gasteiger partial charge in [-0.15, -0.1) is 0 Å². The molecule has 1 aromatic heterocycles. The molecule has 0 bridgehead atoms. The maximum Gasteiger partial charge on any atom is 0.142 e. The van der Waals surface area contributed by atoms with E-state index in [-0.39, 0.29) is 0 Å². The molecule has 1 aromatic carbocycles. The molecule has 0 spiro atoms. The van der Waals surface area contributed by atoms with Gasteiger partial charge in [-0.05, 0) is 19.1 Å². The highest BCUT2D eigenvalue weighted by Crippen LogP contribution is 2.24. The molecule has 2 rings (SSSR count). The largest absolute Gasteiger partial charge is 0.495 e. The van der Waals surface area contributed by atoms with Crippen molar-refractivity contribution >= 4 is 10.9 Å². The first-order valence-corrected chi connectivity index (χ1v) is 4.93. The van der Waals surface area contributed by atoms with Gasteiger partial charge in [0.05, 0.1) is 12.6 Å². The molecule has 2 nitrogen and oxygen atoms in total. The van der Waals surface area contributed by atoms with Gasteiger partial charge in [-0.2, -0.15) is 0 Å². The van der Waals surface area contributed by atoms with E-state index in [0.717, 1.165) is 17.0 Å². The average molecular weight is 191 g/mol. The SMILES string of the molecule is CC.COc1cccc2cc(C)[nH]c12. The molecule has 0 aliphatic carbocycles. The fraction of sp³-hybridized carbons (Fsp3) is 0.333. The van der Waals surface area contributed by atoms with Gasteiger partial charge in [0.2, 0.25) is 0 Å². The van der Waals surface area contributed by atoms with Crippen molar-refractivity contribution in [1.29, 1.82) is 0 Å². The van der Waals surface area contributed by atoms with E-state index in [0.29, 0.717) is 0 Å². The Morgan fingerprint density at radius 2 is 1.93 bits per heavy atom. The highest BCUT2D eigenvalue weighted by atomic mass is 16.5. The third-order valence-corrected chi connectivity index (χ3v) is 1.97. The molecule has 14 heavy (non-hydrogen) atoms. The smallest absolute Gasteiger partial charge is 0.142 e. The fourth-order valence-corrected chi connectivity index (χ4v) is 1.44. The van der Waals surface area contributed by atoms with Crippen LogP contribution in [0.3, 0.4) is 0 Å². The van der Waals surface area contributed by atoms with Crippen molar-refractivity contribution in [2.24, 2.45) is 0 Å². The van der Waals surface area contributed by atoms with E-state index < -0.39 is 0 Å². The molecule has 0 saturated carbocycles. The van der Waals surface area contributed by atoms with Gasteiger partial charge >= 0.3 is 0 Å². The Bertz CT molecular complexity index is 404. The summed E-state index contributed by atoms with van der Waals surface area (Å²) in [7, 11) is 1.69. The van der Waals surface area contributed by atoms with E-state index in [2.05, 4.69) is 17.1 Å². The number of H-pyrrole nitrogens is 1. The first-order chi connectivity index (χ1) is 6.81. The molecule has 0 amide bonds. The highest BCUT2D eigenvalue weighted by Gasteiger charge is 2.01. The van der Waals surface area contributed by atoms with Gasteiger partial charge in [0.1, 0.15) is 5.75 Å². The van der Waals surface area contributed by atoms with Gasteiger partial charge < -0.3 is 9.72 Å². The normalized spacial score (nSPS) is 9.43. The summed E-state index contributed by atoms with van der Waals surface area (Å²) < 4.78 is 5.21. The molecule has 2 aromatic rings. The Kier molecular flexibility index (Phi) is 3.57. The number of aromatic nitrogens is 1. The minimum atomic E-state index is 0.903. The zero-order valence-corrected chi connectivity index (χ0v) is 9.22. The van der Waals surface area contributed by atoms with E-state index in [1.807, 2.05) is 32.9 Å². The Morgan fingerprint density at radius 1 is 1.21 bits per heavy atom. The van der Waals surface area contributed by atoms with Crippen molar-refractivity contribution in [3.05, 3.63) is 30.0 Å². The highest BCUT2D eigenvalue weighted by molar-refractivity contribution is 5.85. The summed E-state index contributed by atoms with van der Waals surface area (Å²) in [6, 6.07) is 8.13. The number of hydrogen-bond acceptors (Lipinski definition) is 1. The number of fused-ring (bicyclic) bond motifs is 1. The lowest BCUT2D eigenvalue weighted by Gasteiger charge is -1.99. The van der Waals surface area contributed by atoms with Crippen LogP contribution in [0.1, 0.15) is 19.5 Å². The van der Waals surface area contributed by atoms with E-state index in [4.69, 9.17) is 4.74 Å². The van der Waals surface area contributed by atoms with Gasteiger partial charge in [0, 0.05) is 11.1 Å². The molecule has 0 radical (unpaired) electrons. The van der Waals surface area contributed by atoms with Crippen LogP contribution in [0.2, 0.25) is 0 Å². The second-order valence-corrected chi connectivity index (χ2v) is 2.88. The predicted octanol–water partition coefficient (Wildman–Crippen LogP) is 3.51. The minimum absolute atomic E-state index is 0.903. The number of methoxy groups -OCH3 is 1. The number of aromatic amines is 1. The van der Waals surface area contributed by atoms with Crippen LogP contribution in [0.25, 0.3) is 10.9 Å². The summed E-state index contributed by atoms with van der Waals surface area (Å²) >= 11 is 0. The fourth-order valence-electron chi connectivity index (χ4n) is 1.44. The summed E-state index contributed by atoms with van der Waals surface area (Å²) in [6.07, 6.45) is 0. The second-order valence-electron chi connectivity index (χ2n) is 2.88. The molecular formula is C12H17NO. The molecule has 0 saturated heterocycles. The van der Waals surface area contributed by atoms with Crippen LogP contribution in [-0.4, -0.2) is 12.1 Å². The monoisotopic (exact) mass is 191 g/mol. The topological polar surface area (TPSA) is 25.0 Å². The summed E-state index contributed by atoms with van der Waals surface area (Å²) in [6.45, 7) is 6.04. The molecule has 2 heteroatoms. The van der Waals surface area contributed by atoms with Crippen LogP contribution in [-0.2, 0) is 0 Å². The van der Waals surface area contributed by atoms with Crippen molar-refractivity contribution in [2.45, 2.75) is 20.8 Å². The summed E-state index contributed by atoms with van der Waals surface area (Å²) in [5.41, 5.74) is 2.24. The summed E-state index contributed by atoms with van der Waals surface area (Å²) in [4.78, 5) is 3.25. The Labute approximate surface area is 84.9 Å². The zero-order chi connectivity index (χ0) is 10.6. The molecule has 0 atom stereocenters. The van der Waals surface area contributed by atoms with Gasteiger partial charge in [-0.25, -0.2) is 0 Å². The molecule has 0 unspecified atom stereocenters. The zero-order valence-electron chi connectivity index (χ0n) is 9.22. The van der Waals surface area contributed by atoms with Gasteiger partial charge in [-0.1, -0.05) is 26.0 Å². The van der Waals surface area contributed by atoms with Gasteiger partial charge in [0.15, 0.2) is 0 Å². The van der Waals surface area contributed by atoms with E-state index in [1.54, 1.807) is 7.11 Å². The van der Waals surface area contributed by atoms with Gasteiger partial charge in [-0.3, -0.25) is 0 Å². The minimum Gasteiger partial charge on any atom is -0.495 e. The van der Waals surface area contributed by atoms with Crippen LogP contribution in [0.5, 0.6) is 5.75 Å². The Balaban J connectivity index is 0.000000461. The van der Waals surface area contributed by atoms with Crippen molar-refractivity contribution in [2.75, 3.05) is 7.11 Å². The first-order valence-electron chi connectivity index (χ1n) is 4.93.